The molecule has 0 bridgehead atoms. The number of benzene rings is 8. The average molecular weight is 856 g/mol. The maximum absolute atomic E-state index is 12.8. The minimum absolute atomic E-state index is 0.230. The number of imidazole rings is 1. The van der Waals surface area contributed by atoms with Crippen LogP contribution in [-0.2, 0) is 12.8 Å². The van der Waals surface area contributed by atoms with E-state index < -0.39 is 0 Å². The molecule has 0 saturated carbocycles. The summed E-state index contributed by atoms with van der Waals surface area (Å²) in [6.45, 7) is 9.03. The molecule has 2 heterocycles. The third-order valence-corrected chi connectivity index (χ3v) is 12.9. The Bertz CT molecular complexity index is 3220. The fourth-order valence-electron chi connectivity index (χ4n) is 9.31. The van der Waals surface area contributed by atoms with Gasteiger partial charge in [-0.1, -0.05) is 204 Å². The van der Waals surface area contributed by atoms with Gasteiger partial charge in [-0.15, -0.1) is 0 Å². The molecule has 1 N–H and O–H groups in total. The molecule has 0 saturated heterocycles. The molecule has 0 aliphatic carbocycles. The summed E-state index contributed by atoms with van der Waals surface area (Å²) in [7, 11) is 0. The molecule has 0 atom stereocenters. The smallest absolute Gasteiger partial charge is 0.145 e. The van der Waals surface area contributed by atoms with Gasteiger partial charge in [0.05, 0.1) is 11.4 Å². The molecule has 2 aromatic heterocycles. The van der Waals surface area contributed by atoms with E-state index in [4.69, 9.17) is 4.98 Å². The van der Waals surface area contributed by atoms with Crippen molar-refractivity contribution in [3.05, 3.63) is 240 Å². The molecule has 8 aromatic carbocycles. The van der Waals surface area contributed by atoms with Gasteiger partial charge in [0.2, 0.25) is 0 Å². The highest BCUT2D eigenvalue weighted by Gasteiger charge is 2.24. The van der Waals surface area contributed by atoms with E-state index in [1.54, 1.807) is 0 Å². The quantitative estimate of drug-likeness (QED) is 0.133. The molecule has 0 spiro atoms. The number of hydrogen-bond acceptors (Lipinski definition) is 3. The molecule has 0 aliphatic rings. The lowest BCUT2D eigenvalue weighted by Crippen LogP contribution is -2.02. The Morgan fingerprint density at radius 1 is 0.455 bits per heavy atom. The van der Waals surface area contributed by atoms with E-state index in [-0.39, 0.29) is 5.75 Å². The van der Waals surface area contributed by atoms with Crippen LogP contribution in [0.15, 0.2) is 207 Å². The molecule has 4 heteroatoms. The molecule has 0 radical (unpaired) electrons. The number of phenols is 1. The van der Waals surface area contributed by atoms with Gasteiger partial charge in [0.15, 0.2) is 0 Å². The summed E-state index contributed by atoms with van der Waals surface area (Å²) in [6.07, 6.45) is 7.31. The molecular weight excluding hydrogens is 803 g/mol. The van der Waals surface area contributed by atoms with Crippen LogP contribution in [0.2, 0.25) is 0 Å². The number of rotatable bonds is 12. The maximum atomic E-state index is 12.8. The van der Waals surface area contributed by atoms with Gasteiger partial charge in [-0.25, -0.2) is 4.98 Å². The third kappa shape index (κ3) is 8.46. The largest absolute Gasteiger partial charge is 0.507 e. The van der Waals surface area contributed by atoms with E-state index >= 15 is 0 Å². The Hall–Kier alpha value is -7.82. The third-order valence-electron chi connectivity index (χ3n) is 12.9. The summed E-state index contributed by atoms with van der Waals surface area (Å²) in [5.41, 5.74) is 16.9. The molecule has 10 rings (SSSR count). The number of pyridine rings is 1. The Labute approximate surface area is 388 Å². The van der Waals surface area contributed by atoms with Crippen LogP contribution < -0.4 is 0 Å². The second kappa shape index (κ2) is 18.3. The number of phenolic OH excluding ortho intramolecular Hbond substituents is 1. The van der Waals surface area contributed by atoms with Gasteiger partial charge in [0, 0.05) is 52.7 Å². The first-order chi connectivity index (χ1) is 32.3. The standard InChI is InChI=1S/C62H53N3O/c1-41(2)49-33-50(42(3)4)35-51(34-49)52-36-53(31-46-25-14-15-26-47(46)32-54-39-63-38-48-27-16-17-28-55(48)54)61(66)58(37-52)59-40-65(62(64-59)45-23-12-7-13-24-45)60-56(43-19-8-5-9-20-43)29-18-30-57(60)44-21-10-6-11-22-44/h5-30,33-42,66H,31-32H2,1-4H3. The van der Waals surface area contributed by atoms with Crippen LogP contribution in [0.1, 0.15) is 72.9 Å². The minimum atomic E-state index is 0.230. The lowest BCUT2D eigenvalue weighted by atomic mass is 9.88. The predicted octanol–water partition coefficient (Wildman–Crippen LogP) is 15.9. The van der Waals surface area contributed by atoms with E-state index in [9.17, 15) is 5.11 Å². The van der Waals surface area contributed by atoms with Crippen molar-refractivity contribution in [2.75, 3.05) is 0 Å². The van der Waals surface area contributed by atoms with E-state index in [0.717, 1.165) is 73.4 Å². The summed E-state index contributed by atoms with van der Waals surface area (Å²) >= 11 is 0. The summed E-state index contributed by atoms with van der Waals surface area (Å²) < 4.78 is 2.24. The SMILES string of the molecule is CC(C)c1cc(-c2cc(Cc3ccccc3Cc3cncc4ccccc34)c(O)c(-c3cn(-c4c(-c5ccccc5)cccc4-c4ccccc4)c(-c4ccccc4)n3)c2)cc(C(C)C)c1. The number of aromatic nitrogens is 3. The van der Waals surface area contributed by atoms with Gasteiger partial charge in [-0.3, -0.25) is 9.55 Å². The Morgan fingerprint density at radius 3 is 1.59 bits per heavy atom. The van der Waals surface area contributed by atoms with Crippen molar-refractivity contribution in [3.8, 4) is 67.5 Å². The zero-order chi connectivity index (χ0) is 45.1. The first-order valence-electron chi connectivity index (χ1n) is 23.1. The Kier molecular flexibility index (Phi) is 11.7. The molecule has 0 unspecified atom stereocenters. The number of nitrogens with zero attached hydrogens (tertiary/aromatic N) is 3. The van der Waals surface area contributed by atoms with Crippen LogP contribution in [-0.4, -0.2) is 19.6 Å². The molecule has 322 valence electrons. The minimum Gasteiger partial charge on any atom is -0.507 e. The van der Waals surface area contributed by atoms with Crippen LogP contribution >= 0.6 is 0 Å². The van der Waals surface area contributed by atoms with Crippen molar-refractivity contribution in [2.24, 2.45) is 0 Å². The molecule has 0 fully saturated rings. The molecular formula is C62H53N3O. The van der Waals surface area contributed by atoms with Gasteiger partial charge in [-0.05, 0) is 91.4 Å². The molecule has 4 nitrogen and oxygen atoms in total. The van der Waals surface area contributed by atoms with E-state index in [2.05, 4.69) is 225 Å². The molecule has 0 amide bonds. The fraction of sp³-hybridized carbons (Fsp3) is 0.129. The van der Waals surface area contributed by atoms with Crippen molar-refractivity contribution in [1.29, 1.82) is 0 Å². The van der Waals surface area contributed by atoms with Crippen LogP contribution in [0.25, 0.3) is 72.5 Å². The van der Waals surface area contributed by atoms with Gasteiger partial charge in [-0.2, -0.15) is 0 Å². The second-order valence-electron chi connectivity index (χ2n) is 18.0. The Balaban J connectivity index is 1.20. The van der Waals surface area contributed by atoms with Crippen LogP contribution in [0.4, 0.5) is 0 Å². The van der Waals surface area contributed by atoms with Crippen LogP contribution in [0.5, 0.6) is 5.75 Å². The average Bonchev–Trinajstić information content (AvgIpc) is 3.80. The lowest BCUT2D eigenvalue weighted by molar-refractivity contribution is 0.471. The van der Waals surface area contributed by atoms with Crippen LogP contribution in [0, 0.1) is 0 Å². The zero-order valence-corrected chi connectivity index (χ0v) is 38.0. The Morgan fingerprint density at radius 2 is 0.985 bits per heavy atom. The first-order valence-corrected chi connectivity index (χ1v) is 23.1. The zero-order valence-electron chi connectivity index (χ0n) is 38.0. The van der Waals surface area contributed by atoms with E-state index in [0.29, 0.717) is 29.5 Å². The molecule has 0 aliphatic heterocycles. The monoisotopic (exact) mass is 855 g/mol. The number of para-hydroxylation sites is 1. The van der Waals surface area contributed by atoms with Crippen molar-refractivity contribution < 1.29 is 5.11 Å². The van der Waals surface area contributed by atoms with Crippen molar-refractivity contribution in [1.82, 2.24) is 14.5 Å². The first kappa shape index (κ1) is 42.1. The van der Waals surface area contributed by atoms with Gasteiger partial charge >= 0.3 is 0 Å². The van der Waals surface area contributed by atoms with E-state index in [1.807, 2.05) is 18.5 Å². The second-order valence-corrected chi connectivity index (χ2v) is 18.0. The summed E-state index contributed by atoms with van der Waals surface area (Å²) in [4.78, 5) is 10.1. The summed E-state index contributed by atoms with van der Waals surface area (Å²) in [5, 5.41) is 15.2. The number of hydrogen-bond donors (Lipinski definition) is 1. The van der Waals surface area contributed by atoms with Crippen molar-refractivity contribution in [2.45, 2.75) is 52.4 Å². The fourth-order valence-corrected chi connectivity index (χ4v) is 9.31. The topological polar surface area (TPSA) is 50.9 Å². The number of aromatic hydroxyl groups is 1. The summed E-state index contributed by atoms with van der Waals surface area (Å²) in [5.74, 6) is 1.71. The van der Waals surface area contributed by atoms with Crippen molar-refractivity contribution in [3.63, 3.8) is 0 Å². The lowest BCUT2D eigenvalue weighted by Gasteiger charge is -2.19. The highest BCUT2D eigenvalue weighted by molar-refractivity contribution is 5.88. The predicted molar refractivity (Wildman–Crippen MR) is 274 cm³/mol. The maximum Gasteiger partial charge on any atom is 0.145 e. The van der Waals surface area contributed by atoms with Crippen LogP contribution in [0.3, 0.4) is 0 Å². The van der Waals surface area contributed by atoms with Gasteiger partial charge in [0.1, 0.15) is 11.6 Å². The summed E-state index contributed by atoms with van der Waals surface area (Å²) in [6, 6.07) is 66.5. The highest BCUT2D eigenvalue weighted by atomic mass is 16.3. The van der Waals surface area contributed by atoms with Crippen molar-refractivity contribution >= 4 is 10.8 Å². The van der Waals surface area contributed by atoms with Gasteiger partial charge in [0.25, 0.3) is 0 Å². The molecule has 66 heavy (non-hydrogen) atoms. The van der Waals surface area contributed by atoms with E-state index in [1.165, 1.54) is 27.6 Å². The normalized spacial score (nSPS) is 11.5. The highest BCUT2D eigenvalue weighted by Crippen LogP contribution is 2.43. The molecule has 10 aromatic rings. The van der Waals surface area contributed by atoms with Gasteiger partial charge < -0.3 is 5.11 Å². The number of fused-ring (bicyclic) bond motifs is 1.